The van der Waals surface area contributed by atoms with Crippen LogP contribution in [0.25, 0.3) is 0 Å². The zero-order chi connectivity index (χ0) is 13.4. The molecule has 1 aromatic rings. The van der Waals surface area contributed by atoms with Gasteiger partial charge in [0.1, 0.15) is 0 Å². The van der Waals surface area contributed by atoms with Crippen molar-refractivity contribution < 1.29 is 14.3 Å². The van der Waals surface area contributed by atoms with Crippen molar-refractivity contribution in [2.45, 2.75) is 6.92 Å². The highest BCUT2D eigenvalue weighted by Crippen LogP contribution is 2.15. The molecule has 0 saturated heterocycles. The second kappa shape index (κ2) is 7.55. The van der Waals surface area contributed by atoms with Crippen molar-refractivity contribution in [1.29, 1.82) is 0 Å². The number of ether oxygens (including phenoxy) is 2. The van der Waals surface area contributed by atoms with E-state index in [0.717, 1.165) is 12.2 Å². The second-order valence-electron chi connectivity index (χ2n) is 4.14. The summed E-state index contributed by atoms with van der Waals surface area (Å²) in [5.41, 5.74) is 1.65. The van der Waals surface area contributed by atoms with Gasteiger partial charge in [-0.15, -0.1) is 0 Å². The standard InChI is InChI=1S/C13H20N2O3/c1-10(9-17-2)8-14-11-5-4-6-12(7-11)15-13(16)18-3/h4-7,10,14H,8-9H2,1-3H3,(H,15,16). The topological polar surface area (TPSA) is 59.6 Å². The van der Waals surface area contributed by atoms with E-state index < -0.39 is 6.09 Å². The van der Waals surface area contributed by atoms with E-state index in [0.29, 0.717) is 18.2 Å². The number of hydrogen-bond acceptors (Lipinski definition) is 4. The third-order valence-corrected chi connectivity index (χ3v) is 2.40. The molecule has 5 nitrogen and oxygen atoms in total. The van der Waals surface area contributed by atoms with E-state index in [4.69, 9.17) is 4.74 Å². The fourth-order valence-electron chi connectivity index (χ4n) is 1.51. The molecule has 0 fully saturated rings. The van der Waals surface area contributed by atoms with Crippen LogP contribution in [0.2, 0.25) is 0 Å². The van der Waals surface area contributed by atoms with Gasteiger partial charge in [-0.3, -0.25) is 5.32 Å². The van der Waals surface area contributed by atoms with Crippen LogP contribution in [-0.4, -0.2) is 33.5 Å². The molecular formula is C13H20N2O3. The summed E-state index contributed by atoms with van der Waals surface area (Å²) in [7, 11) is 3.03. The number of carbonyl (C=O) groups is 1. The average Bonchev–Trinajstić information content (AvgIpc) is 2.37. The van der Waals surface area contributed by atoms with Crippen LogP contribution in [0.15, 0.2) is 24.3 Å². The molecule has 100 valence electrons. The molecule has 0 spiro atoms. The molecule has 0 bridgehead atoms. The minimum absolute atomic E-state index is 0.423. The van der Waals surface area contributed by atoms with Gasteiger partial charge in [0.15, 0.2) is 0 Å². The smallest absolute Gasteiger partial charge is 0.411 e. The van der Waals surface area contributed by atoms with Gasteiger partial charge in [0.05, 0.1) is 13.7 Å². The molecule has 2 N–H and O–H groups in total. The number of benzene rings is 1. The summed E-state index contributed by atoms with van der Waals surface area (Å²) in [6.07, 6.45) is -0.472. The number of amides is 1. The van der Waals surface area contributed by atoms with E-state index in [1.165, 1.54) is 7.11 Å². The van der Waals surface area contributed by atoms with Gasteiger partial charge in [0, 0.05) is 25.0 Å². The minimum Gasteiger partial charge on any atom is -0.453 e. The molecule has 5 heteroatoms. The molecule has 1 aromatic carbocycles. The molecule has 0 radical (unpaired) electrons. The molecule has 0 aliphatic rings. The molecule has 0 aliphatic carbocycles. The van der Waals surface area contributed by atoms with Gasteiger partial charge in [-0.25, -0.2) is 4.79 Å². The van der Waals surface area contributed by atoms with Gasteiger partial charge in [0.2, 0.25) is 0 Å². The van der Waals surface area contributed by atoms with E-state index >= 15 is 0 Å². The predicted octanol–water partition coefficient (Wildman–Crippen LogP) is 2.56. The maximum Gasteiger partial charge on any atom is 0.411 e. The highest BCUT2D eigenvalue weighted by molar-refractivity contribution is 5.85. The predicted molar refractivity (Wildman–Crippen MR) is 72.0 cm³/mol. The Labute approximate surface area is 107 Å². The summed E-state index contributed by atoms with van der Waals surface area (Å²) < 4.78 is 9.61. The Balaban J connectivity index is 2.51. The molecule has 18 heavy (non-hydrogen) atoms. The molecule has 0 aromatic heterocycles. The highest BCUT2D eigenvalue weighted by Gasteiger charge is 2.03. The zero-order valence-corrected chi connectivity index (χ0v) is 11.0. The summed E-state index contributed by atoms with van der Waals surface area (Å²) >= 11 is 0. The minimum atomic E-state index is -0.472. The number of anilines is 2. The van der Waals surface area contributed by atoms with Gasteiger partial charge in [-0.1, -0.05) is 13.0 Å². The van der Waals surface area contributed by atoms with E-state index in [1.807, 2.05) is 18.2 Å². The number of methoxy groups -OCH3 is 2. The van der Waals surface area contributed by atoms with Gasteiger partial charge >= 0.3 is 6.09 Å². The van der Waals surface area contributed by atoms with Crippen LogP contribution in [0, 0.1) is 5.92 Å². The van der Waals surface area contributed by atoms with Crippen LogP contribution in [0.4, 0.5) is 16.2 Å². The van der Waals surface area contributed by atoms with Crippen molar-refractivity contribution >= 4 is 17.5 Å². The van der Waals surface area contributed by atoms with Crippen LogP contribution in [-0.2, 0) is 9.47 Å². The van der Waals surface area contributed by atoms with Gasteiger partial charge < -0.3 is 14.8 Å². The fourth-order valence-corrected chi connectivity index (χ4v) is 1.51. The Bertz CT molecular complexity index is 382. The van der Waals surface area contributed by atoms with Crippen molar-refractivity contribution in [3.05, 3.63) is 24.3 Å². The van der Waals surface area contributed by atoms with Crippen LogP contribution >= 0.6 is 0 Å². The Kier molecular flexibility index (Phi) is 6.00. The van der Waals surface area contributed by atoms with E-state index in [-0.39, 0.29) is 0 Å². The monoisotopic (exact) mass is 252 g/mol. The first-order valence-electron chi connectivity index (χ1n) is 5.83. The Morgan fingerprint density at radius 1 is 1.33 bits per heavy atom. The van der Waals surface area contributed by atoms with E-state index in [9.17, 15) is 4.79 Å². The van der Waals surface area contributed by atoms with Crippen LogP contribution in [0.1, 0.15) is 6.92 Å². The van der Waals surface area contributed by atoms with Crippen LogP contribution in [0.5, 0.6) is 0 Å². The molecule has 1 rings (SSSR count). The van der Waals surface area contributed by atoms with Gasteiger partial charge in [-0.05, 0) is 24.1 Å². The molecular weight excluding hydrogens is 232 g/mol. The van der Waals surface area contributed by atoms with Crippen LogP contribution in [0.3, 0.4) is 0 Å². The zero-order valence-electron chi connectivity index (χ0n) is 11.0. The highest BCUT2D eigenvalue weighted by atomic mass is 16.5. The van der Waals surface area contributed by atoms with Crippen molar-refractivity contribution in [1.82, 2.24) is 0 Å². The number of hydrogen-bond donors (Lipinski definition) is 2. The first-order valence-corrected chi connectivity index (χ1v) is 5.83. The number of carbonyl (C=O) groups excluding carboxylic acids is 1. The lowest BCUT2D eigenvalue weighted by Crippen LogP contribution is -2.16. The first kappa shape index (κ1) is 14.3. The summed E-state index contributed by atoms with van der Waals surface area (Å²) in [6.45, 7) is 3.63. The molecule has 1 atom stereocenters. The molecule has 0 aliphatic heterocycles. The Morgan fingerprint density at radius 2 is 2.06 bits per heavy atom. The maximum atomic E-state index is 11.1. The van der Waals surface area contributed by atoms with E-state index in [2.05, 4.69) is 22.3 Å². The van der Waals surface area contributed by atoms with Crippen molar-refractivity contribution in [2.75, 3.05) is 38.0 Å². The Hall–Kier alpha value is -1.75. The SMILES string of the molecule is COCC(C)CNc1cccc(NC(=O)OC)c1. The molecule has 1 amide bonds. The average molecular weight is 252 g/mol. The molecule has 0 heterocycles. The maximum absolute atomic E-state index is 11.1. The van der Waals surface area contributed by atoms with Gasteiger partial charge in [0.25, 0.3) is 0 Å². The second-order valence-corrected chi connectivity index (χ2v) is 4.14. The van der Waals surface area contributed by atoms with Crippen molar-refractivity contribution in [3.63, 3.8) is 0 Å². The lowest BCUT2D eigenvalue weighted by molar-refractivity contribution is 0.164. The van der Waals surface area contributed by atoms with Crippen molar-refractivity contribution in [3.8, 4) is 0 Å². The first-order chi connectivity index (χ1) is 8.65. The Morgan fingerprint density at radius 3 is 2.72 bits per heavy atom. The molecule has 1 unspecified atom stereocenters. The lowest BCUT2D eigenvalue weighted by atomic mass is 10.2. The summed E-state index contributed by atoms with van der Waals surface area (Å²) in [5, 5.41) is 5.91. The van der Waals surface area contributed by atoms with Gasteiger partial charge in [-0.2, -0.15) is 0 Å². The number of nitrogens with one attached hydrogen (secondary N) is 2. The fraction of sp³-hybridized carbons (Fsp3) is 0.462. The lowest BCUT2D eigenvalue weighted by Gasteiger charge is -2.13. The van der Waals surface area contributed by atoms with Crippen molar-refractivity contribution in [2.24, 2.45) is 5.92 Å². The van der Waals surface area contributed by atoms with E-state index in [1.54, 1.807) is 13.2 Å². The van der Waals surface area contributed by atoms with Crippen LogP contribution < -0.4 is 10.6 Å². The quantitative estimate of drug-likeness (QED) is 0.817. The number of rotatable bonds is 6. The summed E-state index contributed by atoms with van der Waals surface area (Å²) in [4.78, 5) is 11.1. The third-order valence-electron chi connectivity index (χ3n) is 2.40. The normalized spacial score (nSPS) is 11.7. The third kappa shape index (κ3) is 5.05. The largest absolute Gasteiger partial charge is 0.453 e. The molecule has 0 saturated carbocycles. The summed E-state index contributed by atoms with van der Waals surface area (Å²) in [5.74, 6) is 0.423. The summed E-state index contributed by atoms with van der Waals surface area (Å²) in [6, 6.07) is 7.48.